The Labute approximate surface area is 199 Å². The van der Waals surface area contributed by atoms with E-state index in [1.54, 1.807) is 0 Å². The summed E-state index contributed by atoms with van der Waals surface area (Å²) < 4.78 is 5.74. The SMILES string of the molecule is CCCCCCCCCCC[C@H](CC(=O)[C@@H](C)CCO)OC(=O)CCCCCCCCC. The van der Waals surface area contributed by atoms with E-state index in [0.717, 1.165) is 32.1 Å². The Kier molecular flexibility index (Phi) is 22.6. The van der Waals surface area contributed by atoms with E-state index in [2.05, 4.69) is 13.8 Å². The summed E-state index contributed by atoms with van der Waals surface area (Å²) in [5.74, 6) is -0.224. The van der Waals surface area contributed by atoms with Crippen molar-refractivity contribution < 1.29 is 19.4 Å². The summed E-state index contributed by atoms with van der Waals surface area (Å²) >= 11 is 0. The molecule has 4 heteroatoms. The molecule has 190 valence electrons. The molecule has 0 heterocycles. The number of aliphatic hydroxyl groups excluding tert-OH is 1. The summed E-state index contributed by atoms with van der Waals surface area (Å²) in [6.07, 6.45) is 21.2. The fourth-order valence-electron chi connectivity index (χ4n) is 4.14. The van der Waals surface area contributed by atoms with Gasteiger partial charge in [0, 0.05) is 25.4 Å². The lowest BCUT2D eigenvalue weighted by atomic mass is 9.95. The van der Waals surface area contributed by atoms with Crippen LogP contribution in [-0.4, -0.2) is 29.6 Å². The lowest BCUT2D eigenvalue weighted by molar-refractivity contribution is -0.151. The van der Waals surface area contributed by atoms with Crippen LogP contribution in [0, 0.1) is 5.92 Å². The third-order valence-electron chi connectivity index (χ3n) is 6.45. The van der Waals surface area contributed by atoms with Gasteiger partial charge in [0.1, 0.15) is 11.9 Å². The van der Waals surface area contributed by atoms with Gasteiger partial charge < -0.3 is 9.84 Å². The van der Waals surface area contributed by atoms with Crippen LogP contribution < -0.4 is 0 Å². The quantitative estimate of drug-likeness (QED) is 0.119. The monoisotopic (exact) mass is 454 g/mol. The number of carbonyl (C=O) groups is 2. The van der Waals surface area contributed by atoms with Crippen LogP contribution in [0.1, 0.15) is 149 Å². The topological polar surface area (TPSA) is 63.6 Å². The maximum atomic E-state index is 12.5. The van der Waals surface area contributed by atoms with Gasteiger partial charge in [0.15, 0.2) is 0 Å². The maximum absolute atomic E-state index is 12.5. The van der Waals surface area contributed by atoms with Gasteiger partial charge >= 0.3 is 5.97 Å². The van der Waals surface area contributed by atoms with Crippen LogP contribution in [0.3, 0.4) is 0 Å². The molecule has 0 aliphatic carbocycles. The number of unbranched alkanes of at least 4 members (excludes halogenated alkanes) is 14. The summed E-state index contributed by atoms with van der Waals surface area (Å²) in [7, 11) is 0. The molecular weight excluding hydrogens is 400 g/mol. The Morgan fingerprint density at radius 2 is 1.16 bits per heavy atom. The van der Waals surface area contributed by atoms with Gasteiger partial charge in [0.05, 0.1) is 0 Å². The summed E-state index contributed by atoms with van der Waals surface area (Å²) in [6, 6.07) is 0. The number of Topliss-reactive ketones (excluding diaryl/α,β-unsaturated/α-hetero) is 1. The van der Waals surface area contributed by atoms with Gasteiger partial charge in [-0.15, -0.1) is 0 Å². The zero-order valence-electron chi connectivity index (χ0n) is 21.7. The predicted octanol–water partition coefficient (Wildman–Crippen LogP) is 7.94. The molecule has 0 radical (unpaired) electrons. The maximum Gasteiger partial charge on any atom is 0.306 e. The zero-order chi connectivity index (χ0) is 23.9. The van der Waals surface area contributed by atoms with E-state index in [0.29, 0.717) is 19.3 Å². The fraction of sp³-hybridized carbons (Fsp3) is 0.929. The zero-order valence-corrected chi connectivity index (χ0v) is 21.7. The molecular formula is C28H54O4. The van der Waals surface area contributed by atoms with E-state index in [4.69, 9.17) is 9.84 Å². The first-order chi connectivity index (χ1) is 15.5. The van der Waals surface area contributed by atoms with Crippen molar-refractivity contribution in [1.82, 2.24) is 0 Å². The molecule has 0 saturated heterocycles. The van der Waals surface area contributed by atoms with E-state index in [1.165, 1.54) is 77.0 Å². The Hall–Kier alpha value is -0.900. The average Bonchev–Trinajstić information content (AvgIpc) is 2.77. The summed E-state index contributed by atoms with van der Waals surface area (Å²) in [5.41, 5.74) is 0. The van der Waals surface area contributed by atoms with Crippen molar-refractivity contribution in [2.24, 2.45) is 5.92 Å². The van der Waals surface area contributed by atoms with Gasteiger partial charge in [-0.1, -0.05) is 111 Å². The van der Waals surface area contributed by atoms with Gasteiger partial charge in [0.25, 0.3) is 0 Å². The van der Waals surface area contributed by atoms with Gasteiger partial charge in [-0.3, -0.25) is 9.59 Å². The first-order valence-corrected chi connectivity index (χ1v) is 13.9. The van der Waals surface area contributed by atoms with E-state index in [9.17, 15) is 9.59 Å². The van der Waals surface area contributed by atoms with E-state index < -0.39 is 0 Å². The van der Waals surface area contributed by atoms with Crippen molar-refractivity contribution in [3.05, 3.63) is 0 Å². The van der Waals surface area contributed by atoms with Crippen LogP contribution in [0.4, 0.5) is 0 Å². The number of hydrogen-bond acceptors (Lipinski definition) is 4. The number of hydrogen-bond donors (Lipinski definition) is 1. The highest BCUT2D eigenvalue weighted by Crippen LogP contribution is 2.18. The Balaban J connectivity index is 4.22. The lowest BCUT2D eigenvalue weighted by Gasteiger charge is -2.19. The van der Waals surface area contributed by atoms with Crippen molar-refractivity contribution in [1.29, 1.82) is 0 Å². The standard InChI is InChI=1S/C28H54O4/c1-4-6-8-10-12-13-15-16-18-20-26(24-27(30)25(3)22-23-29)32-28(31)21-19-17-14-11-9-7-5-2/h25-26,29H,4-24H2,1-3H3/t25-,26+/m0/s1. The molecule has 0 bridgehead atoms. The Bertz CT molecular complexity index is 435. The molecule has 0 aromatic carbocycles. The molecule has 0 aromatic heterocycles. The van der Waals surface area contributed by atoms with Gasteiger partial charge in [-0.25, -0.2) is 0 Å². The van der Waals surface area contributed by atoms with Crippen LogP contribution >= 0.6 is 0 Å². The highest BCUT2D eigenvalue weighted by molar-refractivity contribution is 5.81. The van der Waals surface area contributed by atoms with E-state index >= 15 is 0 Å². The number of aliphatic hydroxyl groups is 1. The fourth-order valence-corrected chi connectivity index (χ4v) is 4.14. The molecule has 1 N–H and O–H groups in total. The molecule has 0 rings (SSSR count). The molecule has 0 amide bonds. The predicted molar refractivity (Wildman–Crippen MR) is 135 cm³/mol. The number of rotatable bonds is 24. The van der Waals surface area contributed by atoms with Crippen LogP contribution in [0.15, 0.2) is 0 Å². The molecule has 0 aliphatic heterocycles. The normalized spacial score (nSPS) is 13.1. The molecule has 0 unspecified atom stereocenters. The van der Waals surface area contributed by atoms with Crippen molar-refractivity contribution in [3.8, 4) is 0 Å². The molecule has 0 aliphatic rings. The number of carbonyl (C=O) groups excluding carboxylic acids is 2. The minimum atomic E-state index is -0.301. The summed E-state index contributed by atoms with van der Waals surface area (Å²) in [5, 5.41) is 9.11. The minimum Gasteiger partial charge on any atom is -0.462 e. The van der Waals surface area contributed by atoms with Gasteiger partial charge in [0.2, 0.25) is 0 Å². The van der Waals surface area contributed by atoms with Crippen LogP contribution in [-0.2, 0) is 14.3 Å². The van der Waals surface area contributed by atoms with Crippen molar-refractivity contribution in [2.75, 3.05) is 6.61 Å². The molecule has 0 fully saturated rings. The second kappa shape index (κ2) is 23.3. The third kappa shape index (κ3) is 19.8. The highest BCUT2D eigenvalue weighted by Gasteiger charge is 2.21. The Morgan fingerprint density at radius 3 is 1.66 bits per heavy atom. The summed E-state index contributed by atoms with van der Waals surface area (Å²) in [4.78, 5) is 24.8. The van der Waals surface area contributed by atoms with Crippen LogP contribution in [0.5, 0.6) is 0 Å². The Morgan fingerprint density at radius 1 is 0.688 bits per heavy atom. The molecule has 32 heavy (non-hydrogen) atoms. The van der Waals surface area contributed by atoms with Crippen molar-refractivity contribution in [3.63, 3.8) is 0 Å². The minimum absolute atomic E-state index is 0.0217. The largest absolute Gasteiger partial charge is 0.462 e. The highest BCUT2D eigenvalue weighted by atomic mass is 16.5. The second-order valence-electron chi connectivity index (χ2n) is 9.68. The number of ether oxygens (including phenoxy) is 1. The van der Waals surface area contributed by atoms with E-state index in [1.807, 2.05) is 6.92 Å². The smallest absolute Gasteiger partial charge is 0.306 e. The average molecular weight is 455 g/mol. The molecule has 2 atom stereocenters. The number of ketones is 1. The third-order valence-corrected chi connectivity index (χ3v) is 6.45. The molecule has 4 nitrogen and oxygen atoms in total. The molecule has 0 spiro atoms. The molecule has 0 aromatic rings. The van der Waals surface area contributed by atoms with Crippen LogP contribution in [0.2, 0.25) is 0 Å². The van der Waals surface area contributed by atoms with Gasteiger partial charge in [-0.2, -0.15) is 0 Å². The number of esters is 1. The second-order valence-corrected chi connectivity index (χ2v) is 9.68. The first-order valence-electron chi connectivity index (χ1n) is 13.9. The van der Waals surface area contributed by atoms with Gasteiger partial charge in [-0.05, 0) is 25.7 Å². The van der Waals surface area contributed by atoms with E-state index in [-0.39, 0.29) is 30.4 Å². The van der Waals surface area contributed by atoms with Crippen LogP contribution in [0.25, 0.3) is 0 Å². The lowest BCUT2D eigenvalue weighted by Crippen LogP contribution is -2.25. The molecule has 0 saturated carbocycles. The van der Waals surface area contributed by atoms with Crippen molar-refractivity contribution >= 4 is 11.8 Å². The summed E-state index contributed by atoms with van der Waals surface area (Å²) in [6.45, 7) is 6.34. The van der Waals surface area contributed by atoms with Crippen molar-refractivity contribution in [2.45, 2.75) is 155 Å². The first kappa shape index (κ1) is 31.1.